The number of ketones is 1. The predicted octanol–water partition coefficient (Wildman–Crippen LogP) is 5.18. The van der Waals surface area contributed by atoms with Crippen molar-refractivity contribution in [1.82, 2.24) is 9.97 Å². The first-order valence-electron chi connectivity index (χ1n) is 13.1. The third-order valence-electron chi connectivity index (χ3n) is 6.96. The molecule has 2 aromatic heterocycles. The zero-order chi connectivity index (χ0) is 28.3. The lowest BCUT2D eigenvalue weighted by Gasteiger charge is -2.39. The summed E-state index contributed by atoms with van der Waals surface area (Å²) in [7, 11) is -4.04. The average Bonchev–Trinajstić information content (AvgIpc) is 2.88. The third kappa shape index (κ3) is 6.73. The summed E-state index contributed by atoms with van der Waals surface area (Å²) in [5.74, 6) is -0.384. The number of ether oxygens (including phenoxy) is 1. The number of rotatable bonds is 9. The summed E-state index contributed by atoms with van der Waals surface area (Å²) in [6.07, 6.45) is 1.94. The Kier molecular flexibility index (Phi) is 8.54. The molecule has 0 aliphatic carbocycles. The van der Waals surface area contributed by atoms with Gasteiger partial charge in [0.05, 0.1) is 17.9 Å². The molecule has 208 valence electrons. The standard InChI is InChI=1S/C29H35FN4O4S/c1-18(2)16-38-23-14-21(13-22(30)15-23)25-11-10-24(29(32-25)34-12-6-7-19(3)20(34)4)26(35)17-39(36,37)28-9-5-8-27(31)33-28/h5,8-11,13-15,18-20H,6-7,12,16-17H2,1-4H3,(H2,31,33). The second-order valence-electron chi connectivity index (χ2n) is 10.6. The molecule has 1 aliphatic heterocycles. The van der Waals surface area contributed by atoms with Crippen LogP contribution in [0.15, 0.2) is 53.6 Å². The number of hydrogen-bond acceptors (Lipinski definition) is 8. The summed E-state index contributed by atoms with van der Waals surface area (Å²) in [5.41, 5.74) is 6.82. The van der Waals surface area contributed by atoms with Crippen LogP contribution in [0.4, 0.5) is 16.0 Å². The third-order valence-corrected chi connectivity index (χ3v) is 8.46. The fraction of sp³-hybridized carbons (Fsp3) is 0.414. The lowest BCUT2D eigenvalue weighted by Crippen LogP contribution is -2.43. The Bertz CT molecular complexity index is 1460. The van der Waals surface area contributed by atoms with E-state index in [0.717, 1.165) is 12.8 Å². The highest BCUT2D eigenvalue weighted by atomic mass is 32.2. The molecule has 0 amide bonds. The molecule has 0 radical (unpaired) electrons. The van der Waals surface area contributed by atoms with Crippen LogP contribution < -0.4 is 15.4 Å². The zero-order valence-corrected chi connectivity index (χ0v) is 23.5. The number of carbonyl (C=O) groups is 1. The molecular formula is C29H35FN4O4S. The van der Waals surface area contributed by atoms with E-state index in [9.17, 15) is 17.6 Å². The quantitative estimate of drug-likeness (QED) is 0.360. The average molecular weight is 555 g/mol. The highest BCUT2D eigenvalue weighted by Crippen LogP contribution is 2.33. The molecule has 8 nitrogen and oxygen atoms in total. The number of nitrogens with two attached hydrogens (primary N) is 1. The number of hydrogen-bond donors (Lipinski definition) is 1. The highest BCUT2D eigenvalue weighted by molar-refractivity contribution is 7.92. The van der Waals surface area contributed by atoms with Crippen molar-refractivity contribution in [2.45, 2.75) is 51.6 Å². The van der Waals surface area contributed by atoms with E-state index in [-0.39, 0.29) is 28.4 Å². The number of nitrogens with zero attached hydrogens (tertiary/aromatic N) is 3. The number of anilines is 2. The van der Waals surface area contributed by atoms with Crippen LogP contribution in [0, 0.1) is 17.7 Å². The molecule has 1 saturated heterocycles. The maximum absolute atomic E-state index is 14.5. The van der Waals surface area contributed by atoms with Crippen molar-refractivity contribution in [2.75, 3.05) is 29.5 Å². The summed E-state index contributed by atoms with van der Waals surface area (Å²) in [6.45, 7) is 9.33. The highest BCUT2D eigenvalue weighted by Gasteiger charge is 2.31. The second-order valence-corrected chi connectivity index (χ2v) is 12.5. The van der Waals surface area contributed by atoms with Gasteiger partial charge in [0.2, 0.25) is 9.84 Å². The molecule has 1 fully saturated rings. The fourth-order valence-corrected chi connectivity index (χ4v) is 5.84. The van der Waals surface area contributed by atoms with Gasteiger partial charge in [-0.25, -0.2) is 22.8 Å². The summed E-state index contributed by atoms with van der Waals surface area (Å²) >= 11 is 0. The van der Waals surface area contributed by atoms with Gasteiger partial charge in [-0.15, -0.1) is 0 Å². The van der Waals surface area contributed by atoms with Crippen LogP contribution in [0.5, 0.6) is 5.75 Å². The van der Waals surface area contributed by atoms with Gasteiger partial charge >= 0.3 is 0 Å². The van der Waals surface area contributed by atoms with E-state index in [1.807, 2.05) is 18.7 Å². The summed E-state index contributed by atoms with van der Waals surface area (Å²) < 4.78 is 46.3. The number of sulfone groups is 1. The first kappa shape index (κ1) is 28.5. The summed E-state index contributed by atoms with van der Waals surface area (Å²) in [6, 6.07) is 12.0. The number of benzene rings is 1. The molecule has 2 atom stereocenters. The fourth-order valence-electron chi connectivity index (χ4n) is 4.67. The van der Waals surface area contributed by atoms with E-state index < -0.39 is 27.2 Å². The van der Waals surface area contributed by atoms with Crippen molar-refractivity contribution in [2.24, 2.45) is 11.8 Å². The van der Waals surface area contributed by atoms with Gasteiger partial charge < -0.3 is 15.4 Å². The molecule has 2 unspecified atom stereocenters. The Morgan fingerprint density at radius 1 is 1.15 bits per heavy atom. The molecule has 4 rings (SSSR count). The molecule has 2 N–H and O–H groups in total. The minimum atomic E-state index is -4.04. The van der Waals surface area contributed by atoms with Gasteiger partial charge in [0.25, 0.3) is 0 Å². The van der Waals surface area contributed by atoms with Gasteiger partial charge in [0, 0.05) is 24.2 Å². The van der Waals surface area contributed by atoms with Gasteiger partial charge in [0.15, 0.2) is 10.8 Å². The zero-order valence-electron chi connectivity index (χ0n) is 22.7. The van der Waals surface area contributed by atoms with Gasteiger partial charge in [-0.2, -0.15) is 0 Å². The van der Waals surface area contributed by atoms with E-state index >= 15 is 0 Å². The SMILES string of the molecule is CC(C)COc1cc(F)cc(-c2ccc(C(=O)CS(=O)(=O)c3cccc(N)n3)c(N3CCCC(C)C3C)n2)c1. The molecule has 1 aromatic carbocycles. The lowest BCUT2D eigenvalue weighted by molar-refractivity contribution is 0.102. The van der Waals surface area contributed by atoms with Crippen LogP contribution in [0.3, 0.4) is 0 Å². The number of Topliss-reactive ketones (excluding diaryl/α,β-unsaturated/α-hetero) is 1. The first-order chi connectivity index (χ1) is 18.4. The Morgan fingerprint density at radius 2 is 1.92 bits per heavy atom. The van der Waals surface area contributed by atoms with Crippen LogP contribution >= 0.6 is 0 Å². The van der Waals surface area contributed by atoms with Crippen LogP contribution in [0.25, 0.3) is 11.3 Å². The van der Waals surface area contributed by atoms with Crippen LogP contribution in [0.2, 0.25) is 0 Å². The number of piperidine rings is 1. The first-order valence-corrected chi connectivity index (χ1v) is 14.8. The topological polar surface area (TPSA) is 115 Å². The van der Waals surface area contributed by atoms with Gasteiger partial charge in [0.1, 0.15) is 29.0 Å². The van der Waals surface area contributed by atoms with E-state index in [4.69, 9.17) is 15.5 Å². The molecular weight excluding hydrogens is 519 g/mol. The Balaban J connectivity index is 1.75. The summed E-state index contributed by atoms with van der Waals surface area (Å²) in [4.78, 5) is 24.2. The van der Waals surface area contributed by atoms with Crippen molar-refractivity contribution in [1.29, 1.82) is 0 Å². The van der Waals surface area contributed by atoms with Crippen molar-refractivity contribution < 1.29 is 22.3 Å². The normalized spacial score (nSPS) is 17.8. The predicted molar refractivity (Wildman–Crippen MR) is 150 cm³/mol. The minimum Gasteiger partial charge on any atom is -0.493 e. The Morgan fingerprint density at radius 3 is 2.64 bits per heavy atom. The molecule has 1 aliphatic rings. The van der Waals surface area contributed by atoms with E-state index in [0.29, 0.717) is 41.9 Å². The molecule has 39 heavy (non-hydrogen) atoms. The number of nitrogen functional groups attached to an aromatic ring is 1. The van der Waals surface area contributed by atoms with Crippen LogP contribution in [-0.4, -0.2) is 49.1 Å². The van der Waals surface area contributed by atoms with E-state index in [1.165, 1.54) is 30.3 Å². The number of aromatic nitrogens is 2. The smallest absolute Gasteiger partial charge is 0.203 e. The lowest BCUT2D eigenvalue weighted by atomic mass is 9.91. The number of halogens is 1. The maximum atomic E-state index is 14.5. The molecule has 0 saturated carbocycles. The molecule has 3 heterocycles. The molecule has 0 spiro atoms. The van der Waals surface area contributed by atoms with Crippen molar-refractivity contribution in [3.63, 3.8) is 0 Å². The van der Waals surface area contributed by atoms with E-state index in [2.05, 4.69) is 18.8 Å². The number of pyridine rings is 2. The van der Waals surface area contributed by atoms with Crippen LogP contribution in [-0.2, 0) is 9.84 Å². The monoisotopic (exact) mass is 554 g/mol. The molecule has 3 aromatic rings. The van der Waals surface area contributed by atoms with Crippen molar-refractivity contribution >= 4 is 27.3 Å². The molecule has 10 heteroatoms. The molecule has 0 bridgehead atoms. The van der Waals surface area contributed by atoms with E-state index in [1.54, 1.807) is 18.2 Å². The minimum absolute atomic E-state index is 0.0539. The van der Waals surface area contributed by atoms with Crippen molar-refractivity contribution in [3.8, 4) is 17.0 Å². The number of carbonyl (C=O) groups excluding carboxylic acids is 1. The largest absolute Gasteiger partial charge is 0.493 e. The Labute approximate surface area is 229 Å². The van der Waals surface area contributed by atoms with Gasteiger partial charge in [-0.1, -0.05) is 26.8 Å². The van der Waals surface area contributed by atoms with Crippen molar-refractivity contribution in [3.05, 3.63) is 59.9 Å². The summed E-state index contributed by atoms with van der Waals surface area (Å²) in [5, 5.41) is -0.254. The van der Waals surface area contributed by atoms with Crippen LogP contribution in [0.1, 0.15) is 50.9 Å². The second kappa shape index (κ2) is 11.7. The Hall–Kier alpha value is -3.53. The van der Waals surface area contributed by atoms with Gasteiger partial charge in [-0.05, 0) is 68.0 Å². The maximum Gasteiger partial charge on any atom is 0.203 e. The van der Waals surface area contributed by atoms with Gasteiger partial charge in [-0.3, -0.25) is 4.79 Å².